The molecular weight excluding hydrogens is 352 g/mol. The molecule has 0 aromatic heterocycles. The van der Waals surface area contributed by atoms with Crippen LogP contribution in [0, 0.1) is 0 Å². The molecule has 3 heteroatoms. The van der Waals surface area contributed by atoms with E-state index >= 15 is 0 Å². The van der Waals surface area contributed by atoms with Crippen LogP contribution in [0.25, 0.3) is 0 Å². The first-order valence-corrected chi connectivity index (χ1v) is 8.51. The molecule has 2 nitrogen and oxygen atoms in total. The van der Waals surface area contributed by atoms with Crippen molar-refractivity contribution in [3.8, 4) is 0 Å². The summed E-state index contributed by atoms with van der Waals surface area (Å²) in [6.45, 7) is 0. The first-order valence-electron chi connectivity index (χ1n) is 7.72. The van der Waals surface area contributed by atoms with Crippen molar-refractivity contribution in [3.63, 3.8) is 0 Å². The van der Waals surface area contributed by atoms with Gasteiger partial charge in [0, 0.05) is 28.8 Å². The van der Waals surface area contributed by atoms with E-state index in [1.165, 1.54) is 0 Å². The number of hydrogen-bond acceptors (Lipinski definition) is 2. The third-order valence-electron chi connectivity index (χ3n) is 4.19. The van der Waals surface area contributed by atoms with E-state index in [1.54, 1.807) is 0 Å². The Bertz CT molecular complexity index is 745. The summed E-state index contributed by atoms with van der Waals surface area (Å²) in [5.41, 5.74) is 2.50. The van der Waals surface area contributed by atoms with E-state index < -0.39 is 0 Å². The Morgan fingerprint density at radius 1 is 1.04 bits per heavy atom. The van der Waals surface area contributed by atoms with Crippen molar-refractivity contribution in [1.29, 1.82) is 0 Å². The minimum Gasteiger partial charge on any atom is -0.295 e. The number of halogens is 1. The van der Waals surface area contributed by atoms with Crippen LogP contribution in [-0.2, 0) is 4.79 Å². The fourth-order valence-electron chi connectivity index (χ4n) is 2.99. The Labute approximate surface area is 144 Å². The number of allylic oxidation sites excluding steroid dienone is 2. The lowest BCUT2D eigenvalue weighted by atomic mass is 9.84. The van der Waals surface area contributed by atoms with Gasteiger partial charge in [0.15, 0.2) is 11.6 Å². The predicted molar refractivity (Wildman–Crippen MR) is 94.6 cm³/mol. The molecule has 23 heavy (non-hydrogen) atoms. The Hall–Kier alpha value is -2.00. The minimum atomic E-state index is -0.151. The van der Waals surface area contributed by atoms with Crippen LogP contribution >= 0.6 is 15.9 Å². The van der Waals surface area contributed by atoms with Gasteiger partial charge >= 0.3 is 0 Å². The molecule has 0 fully saturated rings. The average Bonchev–Trinajstić information content (AvgIpc) is 2.99. The quantitative estimate of drug-likeness (QED) is 0.688. The maximum absolute atomic E-state index is 12.6. The van der Waals surface area contributed by atoms with Crippen molar-refractivity contribution in [2.24, 2.45) is 0 Å². The highest BCUT2D eigenvalue weighted by atomic mass is 79.9. The number of carbonyl (C=O) groups excluding carboxylic acids is 2. The largest absolute Gasteiger partial charge is 0.295 e. The van der Waals surface area contributed by atoms with Gasteiger partial charge in [0.1, 0.15) is 0 Å². The third kappa shape index (κ3) is 3.67. The average molecular weight is 369 g/mol. The van der Waals surface area contributed by atoms with Crippen LogP contribution < -0.4 is 0 Å². The van der Waals surface area contributed by atoms with E-state index in [1.807, 2.05) is 60.7 Å². The van der Waals surface area contributed by atoms with E-state index in [2.05, 4.69) is 15.9 Å². The number of rotatable bonds is 5. The SMILES string of the molecule is O=C1CCC=C1C(CC(=O)c1ccc(Br)cc1)c1ccccc1. The summed E-state index contributed by atoms with van der Waals surface area (Å²) >= 11 is 3.38. The van der Waals surface area contributed by atoms with Crippen LogP contribution in [0.3, 0.4) is 0 Å². The molecule has 1 aliphatic rings. The Balaban J connectivity index is 1.88. The highest BCUT2D eigenvalue weighted by molar-refractivity contribution is 9.10. The summed E-state index contributed by atoms with van der Waals surface area (Å²) in [6.07, 6.45) is 3.66. The Morgan fingerprint density at radius 3 is 2.35 bits per heavy atom. The molecule has 0 saturated carbocycles. The topological polar surface area (TPSA) is 34.1 Å². The van der Waals surface area contributed by atoms with Crippen molar-refractivity contribution in [2.75, 3.05) is 0 Å². The molecule has 0 saturated heterocycles. The molecule has 0 radical (unpaired) electrons. The van der Waals surface area contributed by atoms with E-state index in [0.29, 0.717) is 18.4 Å². The van der Waals surface area contributed by atoms with Crippen LogP contribution in [0.1, 0.15) is 41.1 Å². The lowest BCUT2D eigenvalue weighted by Gasteiger charge is -2.17. The van der Waals surface area contributed by atoms with Crippen molar-refractivity contribution in [3.05, 3.63) is 81.8 Å². The van der Waals surface area contributed by atoms with Gasteiger partial charge in [-0.05, 0) is 29.7 Å². The van der Waals surface area contributed by atoms with Gasteiger partial charge in [0.05, 0.1) is 0 Å². The van der Waals surface area contributed by atoms with Gasteiger partial charge in [0.2, 0.25) is 0 Å². The van der Waals surface area contributed by atoms with Gasteiger partial charge in [-0.3, -0.25) is 9.59 Å². The highest BCUT2D eigenvalue weighted by Crippen LogP contribution is 2.34. The fraction of sp³-hybridized carbons (Fsp3) is 0.200. The van der Waals surface area contributed by atoms with E-state index in [9.17, 15) is 9.59 Å². The molecule has 2 aromatic carbocycles. The maximum Gasteiger partial charge on any atom is 0.163 e. The van der Waals surface area contributed by atoms with Gasteiger partial charge in [-0.15, -0.1) is 0 Å². The zero-order chi connectivity index (χ0) is 16.2. The number of Topliss-reactive ketones (excluding diaryl/α,β-unsaturated/α-hetero) is 2. The molecule has 1 atom stereocenters. The number of carbonyl (C=O) groups is 2. The normalized spacial score (nSPS) is 15.3. The van der Waals surface area contributed by atoms with Crippen LogP contribution in [0.4, 0.5) is 0 Å². The van der Waals surface area contributed by atoms with Crippen LogP contribution in [0.5, 0.6) is 0 Å². The van der Waals surface area contributed by atoms with Crippen molar-refractivity contribution >= 4 is 27.5 Å². The molecule has 0 bridgehead atoms. The minimum absolute atomic E-state index is 0.0620. The third-order valence-corrected chi connectivity index (χ3v) is 4.72. The summed E-state index contributed by atoms with van der Waals surface area (Å²) in [7, 11) is 0. The van der Waals surface area contributed by atoms with Crippen LogP contribution in [0.2, 0.25) is 0 Å². The lowest BCUT2D eigenvalue weighted by Crippen LogP contribution is -2.13. The molecule has 0 heterocycles. The van der Waals surface area contributed by atoms with Crippen LogP contribution in [-0.4, -0.2) is 11.6 Å². The number of hydrogen-bond donors (Lipinski definition) is 0. The summed E-state index contributed by atoms with van der Waals surface area (Å²) < 4.78 is 0.947. The van der Waals surface area contributed by atoms with Gasteiger partial charge in [-0.25, -0.2) is 0 Å². The Kier molecular flexibility index (Phi) is 4.87. The smallest absolute Gasteiger partial charge is 0.163 e. The van der Waals surface area contributed by atoms with Gasteiger partial charge in [-0.2, -0.15) is 0 Å². The first-order chi connectivity index (χ1) is 11.1. The molecule has 3 rings (SSSR count). The van der Waals surface area contributed by atoms with Crippen molar-refractivity contribution in [1.82, 2.24) is 0 Å². The van der Waals surface area contributed by atoms with Crippen LogP contribution in [0.15, 0.2) is 70.7 Å². The van der Waals surface area contributed by atoms with Crippen molar-refractivity contribution in [2.45, 2.75) is 25.2 Å². The second-order valence-electron chi connectivity index (χ2n) is 5.72. The second kappa shape index (κ2) is 7.05. The molecule has 1 unspecified atom stereocenters. The predicted octanol–water partition coefficient (Wildman–Crippen LogP) is 5.10. The van der Waals surface area contributed by atoms with Gasteiger partial charge in [0.25, 0.3) is 0 Å². The standard InChI is InChI=1S/C20H17BrO2/c21-16-11-9-15(10-12-16)20(23)13-18(14-5-2-1-3-6-14)17-7-4-8-19(17)22/h1-3,5-7,9-12,18H,4,8,13H2. The molecular formula is C20H17BrO2. The van der Waals surface area contributed by atoms with Gasteiger partial charge in [-0.1, -0.05) is 64.5 Å². The second-order valence-corrected chi connectivity index (χ2v) is 6.63. The molecule has 0 N–H and O–H groups in total. The maximum atomic E-state index is 12.6. The molecule has 0 spiro atoms. The zero-order valence-corrected chi connectivity index (χ0v) is 14.3. The fourth-order valence-corrected chi connectivity index (χ4v) is 3.25. The van der Waals surface area contributed by atoms with Crippen molar-refractivity contribution < 1.29 is 9.59 Å². The zero-order valence-electron chi connectivity index (χ0n) is 12.7. The summed E-state index contributed by atoms with van der Waals surface area (Å²) in [6, 6.07) is 17.2. The first kappa shape index (κ1) is 15.9. The van der Waals surface area contributed by atoms with E-state index in [-0.39, 0.29) is 17.5 Å². The summed E-state index contributed by atoms with van der Waals surface area (Å²) in [5, 5.41) is 0. The lowest BCUT2D eigenvalue weighted by molar-refractivity contribution is -0.115. The molecule has 2 aromatic rings. The highest BCUT2D eigenvalue weighted by Gasteiger charge is 2.27. The van der Waals surface area contributed by atoms with E-state index in [4.69, 9.17) is 0 Å². The molecule has 0 amide bonds. The van der Waals surface area contributed by atoms with Gasteiger partial charge < -0.3 is 0 Å². The monoisotopic (exact) mass is 368 g/mol. The summed E-state index contributed by atoms with van der Waals surface area (Å²) in [5.74, 6) is 0.0803. The molecule has 0 aliphatic heterocycles. The van der Waals surface area contributed by atoms with E-state index in [0.717, 1.165) is 22.0 Å². The number of ketones is 2. The number of benzene rings is 2. The molecule has 116 valence electrons. The summed E-state index contributed by atoms with van der Waals surface area (Å²) in [4.78, 5) is 24.8. The molecule has 1 aliphatic carbocycles. The Morgan fingerprint density at radius 2 is 1.74 bits per heavy atom.